The van der Waals surface area contributed by atoms with Gasteiger partial charge in [0.25, 0.3) is 5.91 Å². The number of carbonyl (C=O) groups excluding carboxylic acids is 2. The van der Waals surface area contributed by atoms with Crippen LogP contribution in [0, 0.1) is 0 Å². The molecule has 0 aromatic heterocycles. The highest BCUT2D eigenvalue weighted by atomic mass is 16.2. The van der Waals surface area contributed by atoms with Crippen molar-refractivity contribution in [3.63, 3.8) is 0 Å². The fourth-order valence-corrected chi connectivity index (χ4v) is 4.79. The van der Waals surface area contributed by atoms with E-state index < -0.39 is 0 Å². The first kappa shape index (κ1) is 26.6. The Morgan fingerprint density at radius 1 is 1.17 bits per heavy atom. The number of hydrogen-bond acceptors (Lipinski definition) is 5. The van der Waals surface area contributed by atoms with E-state index in [1.165, 1.54) is 17.5 Å². The molecule has 1 aliphatic carbocycles. The second-order valence-corrected chi connectivity index (χ2v) is 9.43. The predicted octanol–water partition coefficient (Wildman–Crippen LogP) is 2.54. The molecule has 3 rings (SSSR count). The number of nitrogens with zero attached hydrogens (tertiary/aromatic N) is 4. The molecule has 35 heavy (non-hydrogen) atoms. The fraction of sp³-hybridized carbons (Fsp3) is 0.556. The maximum atomic E-state index is 12.7. The number of hydrogen-bond donors (Lipinski definition) is 2. The van der Waals surface area contributed by atoms with Crippen LogP contribution in [0.4, 0.5) is 0 Å². The van der Waals surface area contributed by atoms with Crippen LogP contribution >= 0.6 is 0 Å². The van der Waals surface area contributed by atoms with Crippen LogP contribution in [-0.2, 0) is 22.6 Å². The third-order valence-electron chi connectivity index (χ3n) is 7.01. The Hall–Kier alpha value is -3.00. The molecule has 0 spiro atoms. The molecule has 0 bridgehead atoms. The lowest BCUT2D eigenvalue weighted by Crippen LogP contribution is -2.41. The monoisotopic (exact) mass is 480 g/mol. The van der Waals surface area contributed by atoms with E-state index in [9.17, 15) is 9.59 Å². The van der Waals surface area contributed by atoms with Crippen molar-refractivity contribution < 1.29 is 9.59 Å². The number of rotatable bonds is 10. The number of nitrogens with one attached hydrogen (secondary N) is 2. The Morgan fingerprint density at radius 2 is 1.91 bits per heavy atom. The van der Waals surface area contributed by atoms with E-state index in [0.29, 0.717) is 24.3 Å². The molecule has 0 radical (unpaired) electrons. The molecule has 0 unspecified atom stereocenters. The smallest absolute Gasteiger partial charge is 0.270 e. The molecule has 0 saturated heterocycles. The van der Waals surface area contributed by atoms with E-state index in [2.05, 4.69) is 49.8 Å². The van der Waals surface area contributed by atoms with Crippen LogP contribution in [0.5, 0.6) is 0 Å². The molecule has 1 saturated carbocycles. The maximum absolute atomic E-state index is 12.7. The lowest BCUT2D eigenvalue weighted by atomic mass is 9.90. The van der Waals surface area contributed by atoms with Crippen molar-refractivity contribution in [3.05, 3.63) is 47.7 Å². The van der Waals surface area contributed by atoms with Gasteiger partial charge in [-0.15, -0.1) is 0 Å². The summed E-state index contributed by atoms with van der Waals surface area (Å²) in [5.74, 6) is -0.0780. The third kappa shape index (κ3) is 8.31. The predicted molar refractivity (Wildman–Crippen MR) is 142 cm³/mol. The molecule has 2 aliphatic rings. The summed E-state index contributed by atoms with van der Waals surface area (Å²) in [5.41, 5.74) is 3.19. The van der Waals surface area contributed by atoms with Crippen LogP contribution in [0.2, 0.25) is 0 Å². The van der Waals surface area contributed by atoms with E-state index in [4.69, 9.17) is 0 Å². The second-order valence-electron chi connectivity index (χ2n) is 9.43. The van der Waals surface area contributed by atoms with Crippen molar-refractivity contribution in [2.45, 2.75) is 64.1 Å². The first-order chi connectivity index (χ1) is 17.0. The van der Waals surface area contributed by atoms with Gasteiger partial charge in [0.1, 0.15) is 12.1 Å². The van der Waals surface area contributed by atoms with Crippen molar-refractivity contribution in [1.82, 2.24) is 20.4 Å². The van der Waals surface area contributed by atoms with Gasteiger partial charge in [-0.1, -0.05) is 24.3 Å². The molecule has 1 heterocycles. The zero-order valence-corrected chi connectivity index (χ0v) is 21.4. The van der Waals surface area contributed by atoms with E-state index in [0.717, 1.165) is 58.2 Å². The summed E-state index contributed by atoms with van der Waals surface area (Å²) in [6, 6.07) is 9.28. The lowest BCUT2D eigenvalue weighted by Gasteiger charge is -2.34. The van der Waals surface area contributed by atoms with E-state index in [-0.39, 0.29) is 11.8 Å². The van der Waals surface area contributed by atoms with Gasteiger partial charge in [-0.25, -0.2) is 4.99 Å². The lowest BCUT2D eigenvalue weighted by molar-refractivity contribution is -0.130. The summed E-state index contributed by atoms with van der Waals surface area (Å²) in [6.45, 7) is 5.22. The number of amides is 2. The molecule has 1 fully saturated rings. The SMILES string of the molecule is C\N=C/N=C(\C=C\NC1CCC(N(C)C(C)=O)CC1)C(=O)NCCCN1CCc2ccccc2C1. The minimum atomic E-state index is -0.196. The maximum Gasteiger partial charge on any atom is 0.270 e. The fourth-order valence-electron chi connectivity index (χ4n) is 4.79. The van der Waals surface area contributed by atoms with Gasteiger partial charge >= 0.3 is 0 Å². The van der Waals surface area contributed by atoms with Gasteiger partial charge < -0.3 is 15.5 Å². The Kier molecular flexibility index (Phi) is 10.5. The van der Waals surface area contributed by atoms with E-state index >= 15 is 0 Å². The van der Waals surface area contributed by atoms with Gasteiger partial charge in [0.05, 0.1) is 0 Å². The zero-order chi connectivity index (χ0) is 25.0. The van der Waals surface area contributed by atoms with Gasteiger partial charge in [0.15, 0.2) is 0 Å². The summed E-state index contributed by atoms with van der Waals surface area (Å²) >= 11 is 0. The summed E-state index contributed by atoms with van der Waals surface area (Å²) in [6.07, 6.45) is 10.8. The van der Waals surface area contributed by atoms with E-state index in [1.807, 2.05) is 18.1 Å². The summed E-state index contributed by atoms with van der Waals surface area (Å²) < 4.78 is 0. The number of carbonyl (C=O) groups is 2. The molecule has 0 atom stereocenters. The van der Waals surface area contributed by atoms with Crippen molar-refractivity contribution in [2.24, 2.45) is 9.98 Å². The largest absolute Gasteiger partial charge is 0.388 e. The van der Waals surface area contributed by atoms with Crippen molar-refractivity contribution in [1.29, 1.82) is 0 Å². The summed E-state index contributed by atoms with van der Waals surface area (Å²) in [4.78, 5) is 36.6. The Morgan fingerprint density at radius 3 is 2.63 bits per heavy atom. The standard InChI is InChI=1S/C27H40N6O2/c1-21(34)32(3)25-11-9-24(10-12-25)29-16-13-26(31-20-28-2)27(35)30-15-6-17-33-18-14-22-7-4-5-8-23(22)19-33/h4-5,7-8,13,16,20,24-25,29H,6,9-12,14-15,17-19H2,1-3H3,(H,30,35)/b16-13+,28-20-,31-26+. The number of aliphatic imine (C=N–C) groups is 2. The van der Waals surface area contributed by atoms with Gasteiger partial charge in [0, 0.05) is 59.3 Å². The van der Waals surface area contributed by atoms with E-state index in [1.54, 1.807) is 20.0 Å². The minimum Gasteiger partial charge on any atom is -0.388 e. The molecule has 190 valence electrons. The highest BCUT2D eigenvalue weighted by Crippen LogP contribution is 2.22. The molecule has 1 aromatic rings. The van der Waals surface area contributed by atoms with Crippen LogP contribution < -0.4 is 10.6 Å². The average Bonchev–Trinajstić information content (AvgIpc) is 2.88. The van der Waals surface area contributed by atoms with Crippen molar-refractivity contribution in [2.75, 3.05) is 33.7 Å². The van der Waals surface area contributed by atoms with Gasteiger partial charge in [-0.2, -0.15) is 0 Å². The Balaban J connectivity index is 1.40. The van der Waals surface area contributed by atoms with Crippen LogP contribution in [0.3, 0.4) is 0 Å². The van der Waals surface area contributed by atoms with Crippen LogP contribution in [0.15, 0.2) is 46.5 Å². The molecule has 1 aromatic carbocycles. The first-order valence-electron chi connectivity index (χ1n) is 12.7. The molecule has 2 N–H and O–H groups in total. The van der Waals surface area contributed by atoms with Crippen LogP contribution in [-0.4, -0.2) is 79.5 Å². The Bertz CT molecular complexity index is 933. The molecular weight excluding hydrogens is 440 g/mol. The summed E-state index contributed by atoms with van der Waals surface area (Å²) in [7, 11) is 3.51. The molecule has 1 aliphatic heterocycles. The minimum absolute atomic E-state index is 0.118. The Labute approximate surface area is 209 Å². The second kappa shape index (κ2) is 13.8. The highest BCUT2D eigenvalue weighted by Gasteiger charge is 2.24. The third-order valence-corrected chi connectivity index (χ3v) is 7.01. The number of benzene rings is 1. The summed E-state index contributed by atoms with van der Waals surface area (Å²) in [5, 5.41) is 6.39. The number of fused-ring (bicyclic) bond motifs is 1. The quantitative estimate of drug-likeness (QED) is 0.306. The zero-order valence-electron chi connectivity index (χ0n) is 21.4. The molecule has 8 nitrogen and oxygen atoms in total. The first-order valence-corrected chi connectivity index (χ1v) is 12.7. The van der Waals surface area contributed by atoms with Gasteiger partial charge in [-0.3, -0.25) is 19.5 Å². The molecule has 8 heteroatoms. The molecule has 2 amide bonds. The van der Waals surface area contributed by atoms with Crippen LogP contribution in [0.1, 0.15) is 50.2 Å². The highest BCUT2D eigenvalue weighted by molar-refractivity contribution is 6.44. The van der Waals surface area contributed by atoms with Gasteiger partial charge in [0.2, 0.25) is 5.91 Å². The average molecular weight is 481 g/mol. The van der Waals surface area contributed by atoms with Crippen molar-refractivity contribution >= 4 is 23.9 Å². The normalized spacial score (nSPS) is 21.2. The molecular formula is C27H40N6O2. The van der Waals surface area contributed by atoms with Crippen LogP contribution in [0.25, 0.3) is 0 Å². The van der Waals surface area contributed by atoms with Gasteiger partial charge in [-0.05, 0) is 61.9 Å². The topological polar surface area (TPSA) is 89.4 Å². The van der Waals surface area contributed by atoms with Crippen molar-refractivity contribution in [3.8, 4) is 0 Å².